The Morgan fingerprint density at radius 3 is 2.47 bits per heavy atom. The van der Waals surface area contributed by atoms with Crippen LogP contribution in [0.5, 0.6) is 0 Å². The number of likely N-dealkylation sites (N-methyl/N-ethyl adjacent to an activating group) is 1. The second-order valence-electron chi connectivity index (χ2n) is 5.12. The van der Waals surface area contributed by atoms with E-state index >= 15 is 0 Å². The quantitative estimate of drug-likeness (QED) is 0.795. The van der Waals surface area contributed by atoms with Gasteiger partial charge in [-0.15, -0.1) is 11.3 Å². The third kappa shape index (κ3) is 4.94. The monoisotopic (exact) mass is 279 g/mol. The Labute approximate surface area is 121 Å². The van der Waals surface area contributed by atoms with E-state index in [1.165, 1.54) is 17.7 Å². The molecular formula is C15H25N3S. The van der Waals surface area contributed by atoms with Crippen molar-refractivity contribution in [3.05, 3.63) is 21.9 Å². The maximum Gasteiger partial charge on any atom is 0.110 e. The predicted molar refractivity (Wildman–Crippen MR) is 82.3 cm³/mol. The maximum atomic E-state index is 8.81. The second-order valence-corrected chi connectivity index (χ2v) is 6.28. The van der Waals surface area contributed by atoms with Crippen LogP contribution in [0.2, 0.25) is 0 Å². The van der Waals surface area contributed by atoms with Gasteiger partial charge in [0.1, 0.15) is 10.9 Å². The molecule has 0 spiro atoms. The lowest BCUT2D eigenvalue weighted by atomic mass is 9.93. The SMILES string of the molecule is CCC(CC)C(CNCc1ccc(C#N)s1)N(C)C. The minimum Gasteiger partial charge on any atom is -0.310 e. The van der Waals surface area contributed by atoms with E-state index < -0.39 is 0 Å². The van der Waals surface area contributed by atoms with Gasteiger partial charge in [0.15, 0.2) is 0 Å². The Bertz CT molecular complexity index is 402. The van der Waals surface area contributed by atoms with E-state index in [0.717, 1.165) is 23.9 Å². The highest BCUT2D eigenvalue weighted by molar-refractivity contribution is 7.12. The van der Waals surface area contributed by atoms with Gasteiger partial charge in [0.2, 0.25) is 0 Å². The molecule has 0 fully saturated rings. The summed E-state index contributed by atoms with van der Waals surface area (Å²) >= 11 is 1.58. The molecule has 0 bridgehead atoms. The van der Waals surface area contributed by atoms with Crippen molar-refractivity contribution in [3.63, 3.8) is 0 Å². The minimum absolute atomic E-state index is 0.574. The summed E-state index contributed by atoms with van der Waals surface area (Å²) in [6, 6.07) is 6.69. The first kappa shape index (κ1) is 16.2. The van der Waals surface area contributed by atoms with Gasteiger partial charge in [0.05, 0.1) is 0 Å². The molecule has 0 radical (unpaired) electrons. The second kappa shape index (κ2) is 8.31. The van der Waals surface area contributed by atoms with Gasteiger partial charge in [-0.05, 0) is 32.1 Å². The van der Waals surface area contributed by atoms with Gasteiger partial charge in [-0.3, -0.25) is 0 Å². The highest BCUT2D eigenvalue weighted by atomic mass is 32.1. The summed E-state index contributed by atoms with van der Waals surface area (Å²) in [5, 5.41) is 12.3. The van der Waals surface area contributed by atoms with Crippen molar-refractivity contribution in [2.24, 2.45) is 5.92 Å². The molecule has 0 aromatic carbocycles. The van der Waals surface area contributed by atoms with Crippen molar-refractivity contribution in [1.29, 1.82) is 5.26 Å². The smallest absolute Gasteiger partial charge is 0.110 e. The summed E-state index contributed by atoms with van der Waals surface area (Å²) in [4.78, 5) is 4.35. The molecule has 106 valence electrons. The Hall–Kier alpha value is -0.890. The van der Waals surface area contributed by atoms with Crippen LogP contribution in [0.25, 0.3) is 0 Å². The topological polar surface area (TPSA) is 39.1 Å². The molecule has 4 heteroatoms. The Balaban J connectivity index is 2.46. The molecule has 0 saturated heterocycles. The molecule has 19 heavy (non-hydrogen) atoms. The fourth-order valence-electron chi connectivity index (χ4n) is 2.48. The molecule has 1 unspecified atom stereocenters. The molecule has 0 aliphatic carbocycles. The van der Waals surface area contributed by atoms with E-state index in [1.807, 2.05) is 12.1 Å². The molecule has 1 atom stereocenters. The van der Waals surface area contributed by atoms with Crippen molar-refractivity contribution in [2.75, 3.05) is 20.6 Å². The number of rotatable bonds is 8. The normalized spacial score (nSPS) is 12.9. The average molecular weight is 279 g/mol. The van der Waals surface area contributed by atoms with E-state index in [1.54, 1.807) is 11.3 Å². The van der Waals surface area contributed by atoms with Gasteiger partial charge < -0.3 is 10.2 Å². The van der Waals surface area contributed by atoms with Crippen LogP contribution < -0.4 is 5.32 Å². The number of thiophene rings is 1. The van der Waals surface area contributed by atoms with Crippen LogP contribution in [0.15, 0.2) is 12.1 Å². The standard InChI is InChI=1S/C15H25N3S/c1-5-12(6-2)15(18(3)4)11-17-10-14-8-7-13(9-16)19-14/h7-8,12,15,17H,5-6,10-11H2,1-4H3. The lowest BCUT2D eigenvalue weighted by molar-refractivity contribution is 0.194. The van der Waals surface area contributed by atoms with Crippen LogP contribution >= 0.6 is 11.3 Å². The van der Waals surface area contributed by atoms with Gasteiger partial charge in [-0.25, -0.2) is 0 Å². The summed E-state index contributed by atoms with van der Waals surface area (Å²) in [6.07, 6.45) is 2.44. The van der Waals surface area contributed by atoms with Gasteiger partial charge in [-0.1, -0.05) is 26.7 Å². The zero-order valence-corrected chi connectivity index (χ0v) is 13.3. The van der Waals surface area contributed by atoms with Gasteiger partial charge in [-0.2, -0.15) is 5.26 Å². The fraction of sp³-hybridized carbons (Fsp3) is 0.667. The molecule has 3 nitrogen and oxygen atoms in total. The molecular weight excluding hydrogens is 254 g/mol. The van der Waals surface area contributed by atoms with Gasteiger partial charge >= 0.3 is 0 Å². The predicted octanol–water partition coefficient (Wildman–Crippen LogP) is 3.08. The number of nitriles is 1. The molecule has 1 N–H and O–H groups in total. The first-order valence-electron chi connectivity index (χ1n) is 6.98. The van der Waals surface area contributed by atoms with Crippen LogP contribution in [0.4, 0.5) is 0 Å². The summed E-state index contributed by atoms with van der Waals surface area (Å²) < 4.78 is 0. The maximum absolute atomic E-state index is 8.81. The lowest BCUT2D eigenvalue weighted by Gasteiger charge is -2.31. The van der Waals surface area contributed by atoms with Crippen LogP contribution in [0.3, 0.4) is 0 Å². The molecule has 0 amide bonds. The minimum atomic E-state index is 0.574. The molecule has 0 saturated carbocycles. The van der Waals surface area contributed by atoms with Crippen LogP contribution in [0.1, 0.15) is 36.4 Å². The van der Waals surface area contributed by atoms with Crippen molar-refractivity contribution >= 4 is 11.3 Å². The Morgan fingerprint density at radius 1 is 1.32 bits per heavy atom. The van der Waals surface area contributed by atoms with Crippen LogP contribution in [0, 0.1) is 17.2 Å². The van der Waals surface area contributed by atoms with Crippen molar-refractivity contribution < 1.29 is 0 Å². The van der Waals surface area contributed by atoms with Crippen molar-refractivity contribution in [3.8, 4) is 6.07 Å². The number of hydrogen-bond acceptors (Lipinski definition) is 4. The van der Waals surface area contributed by atoms with E-state index in [2.05, 4.69) is 44.2 Å². The number of nitrogens with one attached hydrogen (secondary N) is 1. The molecule has 1 rings (SSSR count). The zero-order valence-electron chi connectivity index (χ0n) is 12.4. The summed E-state index contributed by atoms with van der Waals surface area (Å²) in [6.45, 7) is 6.39. The lowest BCUT2D eigenvalue weighted by Crippen LogP contribution is -2.42. The van der Waals surface area contributed by atoms with Crippen LogP contribution in [-0.4, -0.2) is 31.6 Å². The summed E-state index contributed by atoms with van der Waals surface area (Å²) in [5.41, 5.74) is 0. The van der Waals surface area contributed by atoms with E-state index in [0.29, 0.717) is 6.04 Å². The fourth-order valence-corrected chi connectivity index (χ4v) is 3.25. The molecule has 0 aliphatic heterocycles. The first-order chi connectivity index (χ1) is 9.12. The molecule has 1 heterocycles. The summed E-state index contributed by atoms with van der Waals surface area (Å²) in [5.74, 6) is 0.737. The third-order valence-corrected chi connectivity index (χ3v) is 4.67. The van der Waals surface area contributed by atoms with Crippen molar-refractivity contribution in [1.82, 2.24) is 10.2 Å². The highest BCUT2D eigenvalue weighted by Crippen LogP contribution is 2.18. The first-order valence-corrected chi connectivity index (χ1v) is 7.79. The molecule has 0 aliphatic rings. The Kier molecular flexibility index (Phi) is 7.07. The molecule has 1 aromatic heterocycles. The Morgan fingerprint density at radius 2 is 2.00 bits per heavy atom. The largest absolute Gasteiger partial charge is 0.310 e. The third-order valence-electron chi connectivity index (χ3n) is 3.68. The van der Waals surface area contributed by atoms with E-state index in [9.17, 15) is 0 Å². The zero-order chi connectivity index (χ0) is 14.3. The molecule has 1 aromatic rings. The van der Waals surface area contributed by atoms with Gasteiger partial charge in [0, 0.05) is 24.0 Å². The van der Waals surface area contributed by atoms with E-state index in [4.69, 9.17) is 5.26 Å². The number of hydrogen-bond donors (Lipinski definition) is 1. The number of nitrogens with zero attached hydrogens (tertiary/aromatic N) is 2. The van der Waals surface area contributed by atoms with Crippen LogP contribution in [-0.2, 0) is 6.54 Å². The van der Waals surface area contributed by atoms with Crippen molar-refractivity contribution in [2.45, 2.75) is 39.3 Å². The average Bonchev–Trinajstić information content (AvgIpc) is 2.86. The van der Waals surface area contributed by atoms with Gasteiger partial charge in [0.25, 0.3) is 0 Å². The van der Waals surface area contributed by atoms with E-state index in [-0.39, 0.29) is 0 Å². The highest BCUT2D eigenvalue weighted by Gasteiger charge is 2.19. The summed E-state index contributed by atoms with van der Waals surface area (Å²) in [7, 11) is 4.31.